The number of rotatable bonds is 3. The van der Waals surface area contributed by atoms with Crippen molar-refractivity contribution in [2.45, 2.75) is 13.8 Å². The first-order chi connectivity index (χ1) is 11.8. The van der Waals surface area contributed by atoms with Gasteiger partial charge in [-0.3, -0.25) is 19.6 Å². The number of carbonyl (C=O) groups excluding carboxylic acids is 1. The summed E-state index contributed by atoms with van der Waals surface area (Å²) in [7, 11) is 1.73. The summed E-state index contributed by atoms with van der Waals surface area (Å²) in [5.74, 6) is -1.44. The third-order valence-corrected chi connectivity index (χ3v) is 3.74. The first-order valence-corrected chi connectivity index (χ1v) is 7.34. The Balaban J connectivity index is 2.04. The van der Waals surface area contributed by atoms with Gasteiger partial charge in [-0.25, -0.2) is 4.98 Å². The number of aromatic nitrogens is 3. The molecule has 0 fully saturated rings. The Morgan fingerprint density at radius 1 is 1.32 bits per heavy atom. The van der Waals surface area contributed by atoms with E-state index in [0.29, 0.717) is 28.0 Å². The lowest BCUT2D eigenvalue weighted by atomic mass is 10.1. The molecular weight excluding hydrogens is 329 g/mol. The summed E-state index contributed by atoms with van der Waals surface area (Å²) in [5, 5.41) is 18.3. The van der Waals surface area contributed by atoms with Crippen molar-refractivity contribution in [2.24, 2.45) is 7.05 Å². The second kappa shape index (κ2) is 5.93. The van der Waals surface area contributed by atoms with Crippen molar-refractivity contribution in [3.05, 3.63) is 57.1 Å². The normalized spacial score (nSPS) is 10.9. The molecule has 0 saturated heterocycles. The van der Waals surface area contributed by atoms with Crippen LogP contribution in [0.5, 0.6) is 0 Å². The molecule has 0 spiro atoms. The number of anilines is 1. The van der Waals surface area contributed by atoms with Crippen LogP contribution in [0.15, 0.2) is 24.3 Å². The number of nitrogens with one attached hydrogen (secondary N) is 1. The van der Waals surface area contributed by atoms with Crippen LogP contribution in [0.1, 0.15) is 21.7 Å². The summed E-state index contributed by atoms with van der Waals surface area (Å²) >= 11 is 0. The predicted molar refractivity (Wildman–Crippen MR) is 89.0 cm³/mol. The highest BCUT2D eigenvalue weighted by Crippen LogP contribution is 2.25. The number of fused-ring (bicyclic) bond motifs is 1. The molecule has 2 heterocycles. The summed E-state index contributed by atoms with van der Waals surface area (Å²) in [6.07, 6.45) is 0. The van der Waals surface area contributed by atoms with Crippen LogP contribution in [-0.4, -0.2) is 25.6 Å². The van der Waals surface area contributed by atoms with Crippen LogP contribution in [0.3, 0.4) is 0 Å². The Morgan fingerprint density at radius 3 is 2.72 bits per heavy atom. The average molecular weight is 343 g/mol. The van der Waals surface area contributed by atoms with Crippen LogP contribution in [-0.2, 0) is 7.05 Å². The zero-order valence-electron chi connectivity index (χ0n) is 13.7. The van der Waals surface area contributed by atoms with E-state index in [4.69, 9.17) is 0 Å². The number of carbonyl (C=O) groups is 1. The molecule has 1 aromatic carbocycles. The molecule has 0 aliphatic heterocycles. The highest BCUT2D eigenvalue weighted by molar-refractivity contribution is 6.12. The molecule has 0 saturated carbocycles. The molecule has 2 aromatic heterocycles. The maximum atomic E-state index is 13.4. The molecule has 1 amide bonds. The van der Waals surface area contributed by atoms with E-state index >= 15 is 0 Å². The molecule has 25 heavy (non-hydrogen) atoms. The molecule has 128 valence electrons. The largest absolute Gasteiger partial charge is 0.322 e. The van der Waals surface area contributed by atoms with Crippen LogP contribution in [0.2, 0.25) is 0 Å². The molecule has 3 rings (SSSR count). The smallest absolute Gasteiger partial charge is 0.306 e. The maximum Gasteiger partial charge on any atom is 0.306 e. The average Bonchev–Trinajstić information content (AvgIpc) is 2.82. The lowest BCUT2D eigenvalue weighted by Gasteiger charge is -2.08. The first-order valence-electron chi connectivity index (χ1n) is 7.34. The maximum absolute atomic E-state index is 13.4. The van der Waals surface area contributed by atoms with E-state index in [2.05, 4.69) is 15.4 Å². The van der Waals surface area contributed by atoms with Crippen molar-refractivity contribution in [3.63, 3.8) is 0 Å². The second-order valence-electron chi connectivity index (χ2n) is 5.60. The van der Waals surface area contributed by atoms with Gasteiger partial charge in [-0.15, -0.1) is 0 Å². The SMILES string of the molecule is Cc1cc(C(=O)Nc2ccc(F)c([N+](=O)[O-])c2)c2c(C)nn(C)c2n1. The number of nitro groups is 1. The van der Waals surface area contributed by atoms with E-state index < -0.39 is 22.3 Å². The molecule has 1 N–H and O–H groups in total. The van der Waals surface area contributed by atoms with Gasteiger partial charge >= 0.3 is 5.69 Å². The van der Waals surface area contributed by atoms with E-state index in [0.717, 1.165) is 12.1 Å². The third kappa shape index (κ3) is 2.91. The number of benzene rings is 1. The van der Waals surface area contributed by atoms with Crippen LogP contribution in [0.4, 0.5) is 15.8 Å². The summed E-state index contributed by atoms with van der Waals surface area (Å²) in [5.41, 5.74) is 1.60. The molecule has 0 aliphatic carbocycles. The van der Waals surface area contributed by atoms with Gasteiger partial charge in [-0.05, 0) is 32.0 Å². The minimum atomic E-state index is -0.965. The van der Waals surface area contributed by atoms with Crippen molar-refractivity contribution in [2.75, 3.05) is 5.32 Å². The fraction of sp³-hybridized carbons (Fsp3) is 0.188. The Morgan fingerprint density at radius 2 is 2.04 bits per heavy atom. The van der Waals surface area contributed by atoms with Crippen LogP contribution < -0.4 is 5.32 Å². The fourth-order valence-electron chi connectivity index (χ4n) is 2.68. The molecular formula is C16H14FN5O3. The number of hydrogen-bond donors (Lipinski definition) is 1. The van der Waals surface area contributed by atoms with E-state index in [9.17, 15) is 19.3 Å². The summed E-state index contributed by atoms with van der Waals surface area (Å²) < 4.78 is 15.0. The number of nitro benzene ring substituents is 1. The molecule has 0 bridgehead atoms. The summed E-state index contributed by atoms with van der Waals surface area (Å²) in [4.78, 5) is 27.0. The topological polar surface area (TPSA) is 103 Å². The minimum Gasteiger partial charge on any atom is -0.322 e. The van der Waals surface area contributed by atoms with E-state index in [1.165, 1.54) is 6.07 Å². The highest BCUT2D eigenvalue weighted by Gasteiger charge is 2.20. The highest BCUT2D eigenvalue weighted by atomic mass is 19.1. The van der Waals surface area contributed by atoms with Gasteiger partial charge in [-0.1, -0.05) is 0 Å². The van der Waals surface area contributed by atoms with Crippen molar-refractivity contribution in [1.82, 2.24) is 14.8 Å². The van der Waals surface area contributed by atoms with Gasteiger partial charge < -0.3 is 5.32 Å². The van der Waals surface area contributed by atoms with Crippen LogP contribution in [0, 0.1) is 29.8 Å². The monoisotopic (exact) mass is 343 g/mol. The van der Waals surface area contributed by atoms with Gasteiger partial charge in [0.15, 0.2) is 5.65 Å². The van der Waals surface area contributed by atoms with Gasteiger partial charge in [-0.2, -0.15) is 9.49 Å². The van der Waals surface area contributed by atoms with Gasteiger partial charge in [0.1, 0.15) is 0 Å². The number of hydrogen-bond acceptors (Lipinski definition) is 5. The number of aryl methyl sites for hydroxylation is 3. The third-order valence-electron chi connectivity index (χ3n) is 3.74. The fourth-order valence-corrected chi connectivity index (χ4v) is 2.68. The molecule has 8 nitrogen and oxygen atoms in total. The molecule has 3 aromatic rings. The second-order valence-corrected chi connectivity index (χ2v) is 5.60. The Kier molecular flexibility index (Phi) is 3.91. The number of pyridine rings is 1. The van der Waals surface area contributed by atoms with E-state index in [1.807, 2.05) is 0 Å². The summed E-state index contributed by atoms with van der Waals surface area (Å²) in [6, 6.07) is 4.80. The van der Waals surface area contributed by atoms with Gasteiger partial charge in [0.2, 0.25) is 5.82 Å². The van der Waals surface area contributed by atoms with Crippen molar-refractivity contribution >= 4 is 28.3 Å². The quantitative estimate of drug-likeness (QED) is 0.582. The number of halogens is 1. The lowest BCUT2D eigenvalue weighted by molar-refractivity contribution is -0.387. The summed E-state index contributed by atoms with van der Waals surface area (Å²) in [6.45, 7) is 3.51. The Labute approximate surface area is 141 Å². The van der Waals surface area contributed by atoms with Crippen molar-refractivity contribution in [3.8, 4) is 0 Å². The van der Waals surface area contributed by atoms with E-state index in [1.54, 1.807) is 31.6 Å². The molecule has 0 radical (unpaired) electrons. The number of nitrogens with zero attached hydrogens (tertiary/aromatic N) is 4. The van der Waals surface area contributed by atoms with Crippen molar-refractivity contribution in [1.29, 1.82) is 0 Å². The molecule has 9 heteroatoms. The zero-order valence-corrected chi connectivity index (χ0v) is 13.7. The number of amides is 1. The molecule has 0 atom stereocenters. The Hall–Kier alpha value is -3.36. The lowest BCUT2D eigenvalue weighted by Crippen LogP contribution is -2.13. The van der Waals surface area contributed by atoms with E-state index in [-0.39, 0.29) is 5.69 Å². The van der Waals surface area contributed by atoms with Crippen LogP contribution in [0.25, 0.3) is 11.0 Å². The van der Waals surface area contributed by atoms with Crippen molar-refractivity contribution < 1.29 is 14.1 Å². The van der Waals surface area contributed by atoms with Gasteiger partial charge in [0.25, 0.3) is 5.91 Å². The minimum absolute atomic E-state index is 0.127. The molecule has 0 aliphatic rings. The Bertz CT molecular complexity index is 1030. The van der Waals surface area contributed by atoms with Gasteiger partial charge in [0.05, 0.1) is 21.6 Å². The molecule has 0 unspecified atom stereocenters. The van der Waals surface area contributed by atoms with Crippen LogP contribution >= 0.6 is 0 Å². The predicted octanol–water partition coefficient (Wildman–Crippen LogP) is 2.88. The van der Waals surface area contributed by atoms with Gasteiger partial charge in [0, 0.05) is 24.5 Å². The first kappa shape index (κ1) is 16.5. The zero-order chi connectivity index (χ0) is 18.3. The standard InChI is InChI=1S/C16H14FN5O3/c1-8-6-11(14-9(2)20-21(3)15(14)18-8)16(23)19-10-4-5-12(17)13(7-10)22(24)25/h4-7H,1-3H3,(H,19,23).